The fourth-order valence-electron chi connectivity index (χ4n) is 2.79. The summed E-state index contributed by atoms with van der Waals surface area (Å²) in [5.41, 5.74) is 0. The summed E-state index contributed by atoms with van der Waals surface area (Å²) in [7, 11) is 0. The SMILES string of the molecule is C#CCCCC1CCCCCC1NCCC. The molecule has 0 aliphatic heterocycles. The summed E-state index contributed by atoms with van der Waals surface area (Å²) in [6.45, 7) is 3.42. The average molecular weight is 221 g/mol. The Kier molecular flexibility index (Phi) is 7.34. The van der Waals surface area contributed by atoms with Gasteiger partial charge in [-0.2, -0.15) is 0 Å². The fourth-order valence-corrected chi connectivity index (χ4v) is 2.79. The van der Waals surface area contributed by atoms with E-state index in [1.54, 1.807) is 0 Å². The van der Waals surface area contributed by atoms with Gasteiger partial charge in [-0.3, -0.25) is 0 Å². The van der Waals surface area contributed by atoms with Crippen LogP contribution in [0.5, 0.6) is 0 Å². The van der Waals surface area contributed by atoms with Crippen molar-refractivity contribution in [2.75, 3.05) is 6.54 Å². The van der Waals surface area contributed by atoms with Gasteiger partial charge in [0.15, 0.2) is 0 Å². The van der Waals surface area contributed by atoms with Crippen LogP contribution >= 0.6 is 0 Å². The first kappa shape index (κ1) is 13.6. The zero-order valence-electron chi connectivity index (χ0n) is 10.8. The van der Waals surface area contributed by atoms with Crippen LogP contribution in [-0.2, 0) is 0 Å². The third-order valence-corrected chi connectivity index (χ3v) is 3.71. The van der Waals surface area contributed by atoms with Crippen LogP contribution in [-0.4, -0.2) is 12.6 Å². The van der Waals surface area contributed by atoms with Crippen LogP contribution in [0.15, 0.2) is 0 Å². The lowest BCUT2D eigenvalue weighted by Gasteiger charge is -2.26. The molecular formula is C15H27N. The molecule has 0 spiro atoms. The first-order valence-electron chi connectivity index (χ1n) is 7.05. The van der Waals surface area contributed by atoms with Crippen molar-refractivity contribution >= 4 is 0 Å². The van der Waals surface area contributed by atoms with E-state index in [1.807, 2.05) is 0 Å². The molecular weight excluding hydrogens is 194 g/mol. The predicted molar refractivity (Wildman–Crippen MR) is 71.3 cm³/mol. The van der Waals surface area contributed by atoms with Gasteiger partial charge in [-0.25, -0.2) is 0 Å². The van der Waals surface area contributed by atoms with E-state index in [4.69, 9.17) is 6.42 Å². The first-order valence-corrected chi connectivity index (χ1v) is 7.05. The Labute approximate surface area is 101 Å². The minimum atomic E-state index is 0.764. The molecule has 1 aliphatic carbocycles. The molecule has 92 valence electrons. The summed E-state index contributed by atoms with van der Waals surface area (Å²) in [6, 6.07) is 0.764. The number of terminal acetylenes is 1. The van der Waals surface area contributed by atoms with E-state index in [0.29, 0.717) is 0 Å². The third kappa shape index (κ3) is 5.03. The molecule has 2 atom stereocenters. The van der Waals surface area contributed by atoms with Gasteiger partial charge in [0.2, 0.25) is 0 Å². The Hall–Kier alpha value is -0.480. The maximum atomic E-state index is 5.32. The zero-order chi connectivity index (χ0) is 11.6. The summed E-state index contributed by atoms with van der Waals surface area (Å²) in [5, 5.41) is 3.74. The molecule has 16 heavy (non-hydrogen) atoms. The van der Waals surface area contributed by atoms with Gasteiger partial charge < -0.3 is 5.32 Å². The molecule has 0 aromatic heterocycles. The monoisotopic (exact) mass is 221 g/mol. The van der Waals surface area contributed by atoms with Crippen molar-refractivity contribution in [2.24, 2.45) is 5.92 Å². The van der Waals surface area contributed by atoms with Gasteiger partial charge in [0.25, 0.3) is 0 Å². The summed E-state index contributed by atoms with van der Waals surface area (Å²) in [6.07, 6.45) is 17.1. The third-order valence-electron chi connectivity index (χ3n) is 3.71. The molecule has 0 aromatic carbocycles. The molecule has 0 saturated heterocycles. The van der Waals surface area contributed by atoms with Gasteiger partial charge in [-0.1, -0.05) is 26.2 Å². The molecule has 1 fully saturated rings. The van der Waals surface area contributed by atoms with Crippen molar-refractivity contribution in [3.05, 3.63) is 0 Å². The second-order valence-electron chi connectivity index (χ2n) is 5.06. The molecule has 0 radical (unpaired) electrons. The lowest BCUT2D eigenvalue weighted by molar-refractivity contribution is 0.312. The van der Waals surface area contributed by atoms with Crippen LogP contribution in [0.4, 0.5) is 0 Å². The van der Waals surface area contributed by atoms with Gasteiger partial charge >= 0.3 is 0 Å². The molecule has 0 bridgehead atoms. The average Bonchev–Trinajstić information content (AvgIpc) is 2.52. The van der Waals surface area contributed by atoms with Gasteiger partial charge in [-0.15, -0.1) is 12.3 Å². The summed E-state index contributed by atoms with van der Waals surface area (Å²) >= 11 is 0. The normalized spacial score (nSPS) is 26.0. The van der Waals surface area contributed by atoms with Gasteiger partial charge in [0.05, 0.1) is 0 Å². The molecule has 0 aromatic rings. The van der Waals surface area contributed by atoms with Crippen LogP contribution < -0.4 is 5.32 Å². The lowest BCUT2D eigenvalue weighted by atomic mass is 9.89. The van der Waals surface area contributed by atoms with E-state index in [9.17, 15) is 0 Å². The number of nitrogens with one attached hydrogen (secondary N) is 1. The van der Waals surface area contributed by atoms with E-state index in [1.165, 1.54) is 57.9 Å². The predicted octanol–water partition coefficient (Wildman–Crippen LogP) is 3.74. The van der Waals surface area contributed by atoms with Crippen LogP contribution in [0.3, 0.4) is 0 Å². The standard InChI is InChI=1S/C15H27N/c1-3-5-7-10-14-11-8-6-9-12-15(14)16-13-4-2/h1,14-16H,4-13H2,2H3. The Bertz CT molecular complexity index is 204. The van der Waals surface area contributed by atoms with Crippen LogP contribution in [0.25, 0.3) is 0 Å². The van der Waals surface area contributed by atoms with Crippen molar-refractivity contribution in [2.45, 2.75) is 70.8 Å². The minimum Gasteiger partial charge on any atom is -0.314 e. The van der Waals surface area contributed by atoms with Crippen molar-refractivity contribution in [1.29, 1.82) is 0 Å². The highest BCUT2D eigenvalue weighted by atomic mass is 14.9. The Morgan fingerprint density at radius 2 is 2.06 bits per heavy atom. The second kappa shape index (κ2) is 8.65. The highest BCUT2D eigenvalue weighted by Gasteiger charge is 2.22. The summed E-state index contributed by atoms with van der Waals surface area (Å²) in [4.78, 5) is 0. The van der Waals surface area contributed by atoms with Crippen LogP contribution in [0.2, 0.25) is 0 Å². The van der Waals surface area contributed by atoms with Gasteiger partial charge in [0.1, 0.15) is 0 Å². The maximum absolute atomic E-state index is 5.32. The molecule has 1 saturated carbocycles. The van der Waals surface area contributed by atoms with E-state index in [0.717, 1.165) is 18.4 Å². The van der Waals surface area contributed by atoms with E-state index < -0.39 is 0 Å². The maximum Gasteiger partial charge on any atom is 0.00953 e. The molecule has 0 heterocycles. The molecule has 1 aliphatic rings. The Balaban J connectivity index is 2.35. The summed E-state index contributed by atoms with van der Waals surface area (Å²) < 4.78 is 0. The highest BCUT2D eigenvalue weighted by molar-refractivity contribution is 4.85. The Morgan fingerprint density at radius 3 is 2.81 bits per heavy atom. The number of rotatable bonds is 6. The number of hydrogen-bond acceptors (Lipinski definition) is 1. The molecule has 1 heteroatoms. The quantitative estimate of drug-likeness (QED) is 0.409. The second-order valence-corrected chi connectivity index (χ2v) is 5.06. The van der Waals surface area contributed by atoms with Crippen molar-refractivity contribution < 1.29 is 0 Å². The number of unbranched alkanes of at least 4 members (excludes halogenated alkanes) is 1. The lowest BCUT2D eigenvalue weighted by Crippen LogP contribution is -2.36. The first-order chi connectivity index (χ1) is 7.88. The van der Waals surface area contributed by atoms with Crippen LogP contribution in [0.1, 0.15) is 64.7 Å². The number of hydrogen-bond donors (Lipinski definition) is 1. The molecule has 1 N–H and O–H groups in total. The minimum absolute atomic E-state index is 0.764. The Morgan fingerprint density at radius 1 is 1.25 bits per heavy atom. The van der Waals surface area contributed by atoms with E-state index in [-0.39, 0.29) is 0 Å². The molecule has 2 unspecified atom stereocenters. The van der Waals surface area contributed by atoms with Gasteiger partial charge in [0, 0.05) is 12.5 Å². The van der Waals surface area contributed by atoms with Crippen molar-refractivity contribution in [1.82, 2.24) is 5.32 Å². The molecule has 0 amide bonds. The summed E-state index contributed by atoms with van der Waals surface area (Å²) in [5.74, 6) is 3.64. The van der Waals surface area contributed by atoms with E-state index >= 15 is 0 Å². The van der Waals surface area contributed by atoms with Crippen LogP contribution in [0, 0.1) is 18.3 Å². The smallest absolute Gasteiger partial charge is 0.00953 e. The van der Waals surface area contributed by atoms with Gasteiger partial charge in [-0.05, 0) is 44.6 Å². The molecule has 1 nitrogen and oxygen atoms in total. The van der Waals surface area contributed by atoms with Crippen molar-refractivity contribution in [3.63, 3.8) is 0 Å². The largest absolute Gasteiger partial charge is 0.314 e. The fraction of sp³-hybridized carbons (Fsp3) is 0.867. The highest BCUT2D eigenvalue weighted by Crippen LogP contribution is 2.27. The topological polar surface area (TPSA) is 12.0 Å². The van der Waals surface area contributed by atoms with Crippen molar-refractivity contribution in [3.8, 4) is 12.3 Å². The zero-order valence-corrected chi connectivity index (χ0v) is 10.8. The van der Waals surface area contributed by atoms with E-state index in [2.05, 4.69) is 18.2 Å². The molecule has 1 rings (SSSR count).